The van der Waals surface area contributed by atoms with Crippen molar-refractivity contribution in [1.29, 1.82) is 0 Å². The number of nitrogens with zero attached hydrogens (tertiary/aromatic N) is 1. The van der Waals surface area contributed by atoms with Crippen LogP contribution in [-0.4, -0.2) is 41.3 Å². The summed E-state index contributed by atoms with van der Waals surface area (Å²) >= 11 is 0. The highest BCUT2D eigenvalue weighted by atomic mass is 16.4. The van der Waals surface area contributed by atoms with E-state index in [4.69, 9.17) is 5.11 Å². The molecule has 2 atom stereocenters. The molecule has 0 aliphatic carbocycles. The summed E-state index contributed by atoms with van der Waals surface area (Å²) < 4.78 is 0. The zero-order valence-electron chi connectivity index (χ0n) is 5.58. The van der Waals surface area contributed by atoms with Gasteiger partial charge in [-0.25, -0.2) is 4.79 Å². The van der Waals surface area contributed by atoms with Crippen molar-refractivity contribution in [3.63, 3.8) is 0 Å². The van der Waals surface area contributed by atoms with E-state index in [9.17, 15) is 4.79 Å². The molecule has 2 fully saturated rings. The molecule has 0 saturated carbocycles. The minimum atomic E-state index is -0.769. The van der Waals surface area contributed by atoms with Crippen LogP contribution in [0.5, 0.6) is 0 Å². The molecular weight excluding hydrogens is 132 g/mol. The molecule has 2 aliphatic heterocycles. The zero-order valence-corrected chi connectivity index (χ0v) is 5.58. The van der Waals surface area contributed by atoms with Crippen molar-refractivity contribution in [2.75, 3.05) is 13.1 Å². The summed E-state index contributed by atoms with van der Waals surface area (Å²) in [5, 5.41) is 11.8. The van der Waals surface area contributed by atoms with Crippen LogP contribution in [0.2, 0.25) is 0 Å². The Morgan fingerprint density at radius 3 is 2.80 bits per heavy atom. The predicted molar refractivity (Wildman–Crippen MR) is 34.9 cm³/mol. The molecule has 0 bridgehead atoms. The van der Waals surface area contributed by atoms with Crippen molar-refractivity contribution < 1.29 is 9.90 Å². The number of amides is 1. The number of rotatable bonds is 0. The average molecular weight is 142 g/mol. The van der Waals surface area contributed by atoms with Crippen molar-refractivity contribution in [1.82, 2.24) is 10.2 Å². The molecule has 1 amide bonds. The van der Waals surface area contributed by atoms with Crippen LogP contribution in [0.3, 0.4) is 0 Å². The molecule has 0 aromatic rings. The van der Waals surface area contributed by atoms with E-state index in [0.717, 1.165) is 13.0 Å². The van der Waals surface area contributed by atoms with Gasteiger partial charge in [-0.15, -0.1) is 0 Å². The smallest absolute Gasteiger partial charge is 0.407 e. The first-order chi connectivity index (χ1) is 4.79. The normalized spacial score (nSPS) is 37.0. The number of hydrogen-bond donors (Lipinski definition) is 2. The summed E-state index contributed by atoms with van der Waals surface area (Å²) in [4.78, 5) is 12.0. The molecule has 0 aromatic carbocycles. The first-order valence-electron chi connectivity index (χ1n) is 3.52. The van der Waals surface area contributed by atoms with E-state index in [0.29, 0.717) is 12.6 Å². The van der Waals surface area contributed by atoms with Crippen molar-refractivity contribution in [3.05, 3.63) is 0 Å². The Labute approximate surface area is 58.8 Å². The Balaban J connectivity index is 2.05. The molecule has 2 heterocycles. The number of fused-ring (bicyclic) bond motifs is 1. The highest BCUT2D eigenvalue weighted by Gasteiger charge is 2.42. The molecule has 4 heteroatoms. The van der Waals surface area contributed by atoms with Gasteiger partial charge in [0.1, 0.15) is 0 Å². The topological polar surface area (TPSA) is 52.6 Å². The number of hydrogen-bond acceptors (Lipinski definition) is 2. The van der Waals surface area contributed by atoms with Gasteiger partial charge in [-0.1, -0.05) is 0 Å². The maximum Gasteiger partial charge on any atom is 0.407 e. The van der Waals surface area contributed by atoms with Gasteiger partial charge in [0.05, 0.1) is 6.04 Å². The second-order valence-corrected chi connectivity index (χ2v) is 2.85. The Bertz CT molecular complexity index is 171. The van der Waals surface area contributed by atoms with E-state index in [1.54, 1.807) is 0 Å². The summed E-state index contributed by atoms with van der Waals surface area (Å²) in [6, 6.07) is 0.730. The largest absolute Gasteiger partial charge is 0.465 e. The Hall–Kier alpha value is -0.770. The lowest BCUT2D eigenvalue weighted by atomic mass is 10.0. The lowest BCUT2D eigenvalue weighted by molar-refractivity contribution is 0.121. The molecule has 0 spiro atoms. The lowest BCUT2D eigenvalue weighted by Crippen LogP contribution is -2.60. The van der Waals surface area contributed by atoms with Crippen LogP contribution in [0.1, 0.15) is 6.42 Å². The van der Waals surface area contributed by atoms with Gasteiger partial charge in [0.25, 0.3) is 0 Å². The Morgan fingerprint density at radius 1 is 1.70 bits per heavy atom. The number of likely N-dealkylation sites (tertiary alicyclic amines) is 1. The van der Waals surface area contributed by atoms with Gasteiger partial charge < -0.3 is 15.3 Å². The van der Waals surface area contributed by atoms with Crippen LogP contribution in [0.15, 0.2) is 0 Å². The first-order valence-corrected chi connectivity index (χ1v) is 3.52. The molecule has 0 radical (unpaired) electrons. The fourth-order valence-electron chi connectivity index (χ4n) is 1.69. The van der Waals surface area contributed by atoms with Crippen LogP contribution in [-0.2, 0) is 0 Å². The summed E-state index contributed by atoms with van der Waals surface area (Å²) in [6.07, 6.45) is 0.214. The minimum Gasteiger partial charge on any atom is -0.465 e. The minimum absolute atomic E-state index is 0.275. The monoisotopic (exact) mass is 142 g/mol. The van der Waals surface area contributed by atoms with Gasteiger partial charge in [-0.2, -0.15) is 0 Å². The standard InChI is InChI=1S/C6H10N2O2/c9-6(10)8-2-1-4-5(8)3-7-4/h4-5,7H,1-3H2,(H,9,10). The summed E-state index contributed by atoms with van der Waals surface area (Å²) in [5.41, 5.74) is 0. The molecule has 56 valence electrons. The predicted octanol–water partition coefficient (Wildman–Crippen LogP) is -0.290. The van der Waals surface area contributed by atoms with E-state index < -0.39 is 6.09 Å². The van der Waals surface area contributed by atoms with Gasteiger partial charge in [-0.05, 0) is 6.42 Å². The van der Waals surface area contributed by atoms with Crippen LogP contribution in [0, 0.1) is 0 Å². The number of nitrogens with one attached hydrogen (secondary N) is 1. The molecule has 2 rings (SSSR count). The van der Waals surface area contributed by atoms with Gasteiger partial charge in [-0.3, -0.25) is 0 Å². The van der Waals surface area contributed by atoms with E-state index in [2.05, 4.69) is 5.32 Å². The fraction of sp³-hybridized carbons (Fsp3) is 0.833. The van der Waals surface area contributed by atoms with Crippen LogP contribution >= 0.6 is 0 Å². The van der Waals surface area contributed by atoms with Gasteiger partial charge in [0.2, 0.25) is 0 Å². The van der Waals surface area contributed by atoms with Gasteiger partial charge in [0, 0.05) is 19.1 Å². The quantitative estimate of drug-likeness (QED) is 0.488. The summed E-state index contributed by atoms with van der Waals surface area (Å²) in [5.74, 6) is 0. The van der Waals surface area contributed by atoms with Gasteiger partial charge in [0.15, 0.2) is 0 Å². The van der Waals surface area contributed by atoms with Crippen LogP contribution in [0.25, 0.3) is 0 Å². The molecule has 4 nitrogen and oxygen atoms in total. The lowest BCUT2D eigenvalue weighted by Gasteiger charge is -2.35. The third-order valence-corrected chi connectivity index (χ3v) is 2.38. The highest BCUT2D eigenvalue weighted by molar-refractivity contribution is 5.66. The first kappa shape index (κ1) is 5.97. The average Bonchev–Trinajstić information content (AvgIpc) is 2.07. The van der Waals surface area contributed by atoms with E-state index in [-0.39, 0.29) is 6.04 Å². The van der Waals surface area contributed by atoms with E-state index >= 15 is 0 Å². The van der Waals surface area contributed by atoms with E-state index in [1.807, 2.05) is 0 Å². The third kappa shape index (κ3) is 0.623. The number of carbonyl (C=O) groups is 1. The molecule has 2 saturated heterocycles. The zero-order chi connectivity index (χ0) is 7.14. The molecule has 10 heavy (non-hydrogen) atoms. The maximum atomic E-state index is 10.5. The van der Waals surface area contributed by atoms with Crippen molar-refractivity contribution >= 4 is 6.09 Å². The van der Waals surface area contributed by atoms with Crippen molar-refractivity contribution in [2.24, 2.45) is 0 Å². The molecule has 2 unspecified atom stereocenters. The second kappa shape index (κ2) is 1.85. The van der Waals surface area contributed by atoms with Crippen LogP contribution in [0.4, 0.5) is 4.79 Å². The third-order valence-electron chi connectivity index (χ3n) is 2.38. The molecule has 0 aromatic heterocycles. The van der Waals surface area contributed by atoms with E-state index in [1.165, 1.54) is 4.90 Å². The fourth-order valence-corrected chi connectivity index (χ4v) is 1.69. The summed E-state index contributed by atoms with van der Waals surface area (Å²) in [7, 11) is 0. The Kier molecular flexibility index (Phi) is 1.11. The molecule has 2 aliphatic rings. The highest BCUT2D eigenvalue weighted by Crippen LogP contribution is 2.23. The van der Waals surface area contributed by atoms with Crippen molar-refractivity contribution in [3.8, 4) is 0 Å². The van der Waals surface area contributed by atoms with Crippen molar-refractivity contribution in [2.45, 2.75) is 18.5 Å². The van der Waals surface area contributed by atoms with Crippen LogP contribution < -0.4 is 5.32 Å². The second-order valence-electron chi connectivity index (χ2n) is 2.85. The summed E-state index contributed by atoms with van der Waals surface area (Å²) in [6.45, 7) is 1.55. The molecule has 2 N–H and O–H groups in total. The number of carboxylic acid groups (broad SMARTS) is 1. The maximum absolute atomic E-state index is 10.5. The SMILES string of the molecule is O=C(O)N1CCC2NCC21. The Morgan fingerprint density at radius 2 is 2.50 bits per heavy atom. The van der Waals surface area contributed by atoms with Gasteiger partial charge >= 0.3 is 6.09 Å². The molecular formula is C6H10N2O2.